The number of rotatable bonds is 0. The molecule has 2 atom stereocenters. The van der Waals surface area contributed by atoms with Gasteiger partial charge in [0.25, 0.3) is 0 Å². The molecule has 130 valence electrons. The van der Waals surface area contributed by atoms with Gasteiger partial charge in [-0.1, -0.05) is 48.8 Å². The Bertz CT molecular complexity index is 837. The van der Waals surface area contributed by atoms with Gasteiger partial charge >= 0.3 is 0 Å². The van der Waals surface area contributed by atoms with Crippen molar-refractivity contribution in [3.05, 3.63) is 47.0 Å². The van der Waals surface area contributed by atoms with Crippen LogP contribution < -0.4 is 0 Å². The molecule has 0 aromatic heterocycles. The standard InChI is InChI=1S/C23H27NO/c1-15-10-11-18(25)23-14-21(2,3)24-20(23)22(12-6-7-13-22)17-9-5-4-8-16(17)19(15)23/h4-5,8-10,19H,6-7,11-14H2,1-3H3. The maximum Gasteiger partial charge on any atom is 0.149 e. The molecule has 1 heterocycles. The molecule has 2 spiro atoms. The molecule has 1 aromatic carbocycles. The first kappa shape index (κ1) is 15.5. The molecular weight excluding hydrogens is 306 g/mol. The fraction of sp³-hybridized carbons (Fsp3) is 0.565. The highest BCUT2D eigenvalue weighted by molar-refractivity contribution is 6.19. The van der Waals surface area contributed by atoms with E-state index in [1.54, 1.807) is 0 Å². The third kappa shape index (κ3) is 1.76. The predicted octanol–water partition coefficient (Wildman–Crippen LogP) is 5.12. The van der Waals surface area contributed by atoms with E-state index in [2.05, 4.69) is 51.1 Å². The number of carbonyl (C=O) groups excluding carboxylic acids is 1. The van der Waals surface area contributed by atoms with Crippen molar-refractivity contribution in [3.63, 3.8) is 0 Å². The second-order valence-corrected chi connectivity index (χ2v) is 9.31. The molecule has 4 aliphatic rings. The topological polar surface area (TPSA) is 29.4 Å². The highest BCUT2D eigenvalue weighted by Gasteiger charge is 2.66. The largest absolute Gasteiger partial charge is 0.298 e. The molecular formula is C23H27NO. The third-order valence-corrected chi connectivity index (χ3v) is 7.30. The summed E-state index contributed by atoms with van der Waals surface area (Å²) in [5.41, 5.74) is 4.97. The van der Waals surface area contributed by atoms with E-state index < -0.39 is 0 Å². The second kappa shape index (κ2) is 4.72. The predicted molar refractivity (Wildman–Crippen MR) is 101 cm³/mol. The fourth-order valence-corrected chi connectivity index (χ4v) is 6.62. The number of allylic oxidation sites excluding steroid dienone is 2. The molecule has 0 N–H and O–H groups in total. The molecule has 0 radical (unpaired) electrons. The lowest BCUT2D eigenvalue weighted by atomic mass is 9.48. The molecule has 1 aromatic rings. The molecule has 0 amide bonds. The number of benzene rings is 1. The van der Waals surface area contributed by atoms with Crippen LogP contribution in [0, 0.1) is 5.41 Å². The number of fused-ring (bicyclic) bond motifs is 4. The van der Waals surface area contributed by atoms with Gasteiger partial charge in [0.15, 0.2) is 0 Å². The number of hydrogen-bond acceptors (Lipinski definition) is 2. The Hall–Kier alpha value is -1.70. The van der Waals surface area contributed by atoms with Gasteiger partial charge < -0.3 is 0 Å². The summed E-state index contributed by atoms with van der Waals surface area (Å²) in [7, 11) is 0. The first-order valence-electron chi connectivity index (χ1n) is 9.81. The normalized spacial score (nSPS) is 34.2. The van der Waals surface area contributed by atoms with Gasteiger partial charge in [-0.05, 0) is 51.2 Å². The molecule has 5 rings (SSSR count). The van der Waals surface area contributed by atoms with Gasteiger partial charge in [0.1, 0.15) is 5.78 Å². The summed E-state index contributed by atoms with van der Waals surface area (Å²) < 4.78 is 0. The summed E-state index contributed by atoms with van der Waals surface area (Å²) in [5.74, 6) is 0.602. The molecule has 3 aliphatic carbocycles. The van der Waals surface area contributed by atoms with E-state index in [4.69, 9.17) is 4.99 Å². The van der Waals surface area contributed by atoms with Gasteiger partial charge in [0.2, 0.25) is 0 Å². The Morgan fingerprint density at radius 1 is 1.12 bits per heavy atom. The van der Waals surface area contributed by atoms with Gasteiger partial charge in [0.05, 0.1) is 11.0 Å². The highest BCUT2D eigenvalue weighted by Crippen LogP contribution is 2.65. The molecule has 2 heteroatoms. The molecule has 0 saturated heterocycles. The summed E-state index contributed by atoms with van der Waals surface area (Å²) in [4.78, 5) is 18.8. The summed E-state index contributed by atoms with van der Waals surface area (Å²) >= 11 is 0. The first-order chi connectivity index (χ1) is 11.9. The quantitative estimate of drug-likeness (QED) is 0.606. The van der Waals surface area contributed by atoms with Gasteiger partial charge in [-0.15, -0.1) is 0 Å². The van der Waals surface area contributed by atoms with Crippen molar-refractivity contribution in [1.82, 2.24) is 0 Å². The lowest BCUT2D eigenvalue weighted by molar-refractivity contribution is -0.126. The van der Waals surface area contributed by atoms with Gasteiger partial charge in [-0.2, -0.15) is 0 Å². The van der Waals surface area contributed by atoms with Crippen molar-refractivity contribution in [3.8, 4) is 0 Å². The number of ketones is 1. The lowest BCUT2D eigenvalue weighted by Gasteiger charge is -2.52. The van der Waals surface area contributed by atoms with Crippen molar-refractivity contribution in [2.45, 2.75) is 76.2 Å². The smallest absolute Gasteiger partial charge is 0.149 e. The number of hydrogen-bond donors (Lipinski definition) is 0. The van der Waals surface area contributed by atoms with Crippen LogP contribution in [0.4, 0.5) is 0 Å². The van der Waals surface area contributed by atoms with Gasteiger partial charge in [-0.25, -0.2) is 0 Å². The zero-order chi connectivity index (χ0) is 17.4. The van der Waals surface area contributed by atoms with Crippen LogP contribution in [0.1, 0.15) is 76.3 Å². The number of carbonyl (C=O) groups is 1. The van der Waals surface area contributed by atoms with E-state index in [1.807, 2.05) is 0 Å². The monoisotopic (exact) mass is 333 g/mol. The summed E-state index contributed by atoms with van der Waals surface area (Å²) in [6.45, 7) is 6.67. The highest BCUT2D eigenvalue weighted by atomic mass is 16.1. The minimum absolute atomic E-state index is 0.00808. The molecule has 1 fully saturated rings. The molecule has 1 saturated carbocycles. The molecule has 2 nitrogen and oxygen atoms in total. The zero-order valence-electron chi connectivity index (χ0n) is 15.6. The van der Waals surface area contributed by atoms with Crippen molar-refractivity contribution < 1.29 is 4.79 Å². The van der Waals surface area contributed by atoms with E-state index in [0.717, 1.165) is 19.3 Å². The lowest BCUT2D eigenvalue weighted by Crippen LogP contribution is -2.56. The van der Waals surface area contributed by atoms with Crippen molar-refractivity contribution in [2.24, 2.45) is 10.4 Å². The van der Waals surface area contributed by atoms with E-state index in [1.165, 1.54) is 35.3 Å². The zero-order valence-corrected chi connectivity index (χ0v) is 15.6. The number of aliphatic imine (C=N–C) groups is 1. The average molecular weight is 333 g/mol. The Labute approximate surface area is 150 Å². The van der Waals surface area contributed by atoms with Crippen molar-refractivity contribution in [2.75, 3.05) is 0 Å². The van der Waals surface area contributed by atoms with E-state index >= 15 is 0 Å². The summed E-state index contributed by atoms with van der Waals surface area (Å²) in [6, 6.07) is 8.95. The Kier molecular flexibility index (Phi) is 2.93. The Morgan fingerprint density at radius 3 is 2.60 bits per heavy atom. The number of nitrogens with zero attached hydrogens (tertiary/aromatic N) is 1. The molecule has 1 aliphatic heterocycles. The first-order valence-corrected chi connectivity index (χ1v) is 9.81. The van der Waals surface area contributed by atoms with Crippen LogP contribution in [-0.2, 0) is 10.2 Å². The maximum absolute atomic E-state index is 13.5. The molecule has 2 unspecified atom stereocenters. The third-order valence-electron chi connectivity index (χ3n) is 7.30. The summed E-state index contributed by atoms with van der Waals surface area (Å²) in [5, 5.41) is 0. The van der Waals surface area contributed by atoms with E-state index in [9.17, 15) is 4.79 Å². The second-order valence-electron chi connectivity index (χ2n) is 9.31. The van der Waals surface area contributed by atoms with Crippen LogP contribution in [0.25, 0.3) is 0 Å². The van der Waals surface area contributed by atoms with Crippen LogP contribution in [0.15, 0.2) is 40.9 Å². The fourth-order valence-electron chi connectivity index (χ4n) is 6.62. The minimum atomic E-state index is -0.388. The average Bonchev–Trinajstić information content (AvgIpc) is 3.16. The SMILES string of the molecule is CC1=CCC(=O)C23CC(C)(C)N=C2C2(CCCC2)c2ccccc2C13. The van der Waals surface area contributed by atoms with Crippen LogP contribution >= 0.6 is 0 Å². The summed E-state index contributed by atoms with van der Waals surface area (Å²) in [6.07, 6.45) is 8.43. The minimum Gasteiger partial charge on any atom is -0.298 e. The molecule has 25 heavy (non-hydrogen) atoms. The van der Waals surface area contributed by atoms with Gasteiger partial charge in [0, 0.05) is 23.5 Å². The van der Waals surface area contributed by atoms with Crippen LogP contribution in [0.3, 0.4) is 0 Å². The van der Waals surface area contributed by atoms with Gasteiger partial charge in [-0.3, -0.25) is 9.79 Å². The Balaban J connectivity index is 1.90. The maximum atomic E-state index is 13.5. The number of Topliss-reactive ketones (excluding diaryl/α,β-unsaturated/α-hetero) is 1. The van der Waals surface area contributed by atoms with Crippen molar-refractivity contribution in [1.29, 1.82) is 0 Å². The van der Waals surface area contributed by atoms with E-state index in [0.29, 0.717) is 12.2 Å². The van der Waals surface area contributed by atoms with Crippen LogP contribution in [0.2, 0.25) is 0 Å². The van der Waals surface area contributed by atoms with E-state index in [-0.39, 0.29) is 22.3 Å². The molecule has 0 bridgehead atoms. The van der Waals surface area contributed by atoms with Crippen LogP contribution in [-0.4, -0.2) is 17.0 Å². The van der Waals surface area contributed by atoms with Crippen LogP contribution in [0.5, 0.6) is 0 Å². The van der Waals surface area contributed by atoms with Crippen molar-refractivity contribution >= 4 is 11.5 Å². The Morgan fingerprint density at radius 2 is 1.84 bits per heavy atom.